The highest BCUT2D eigenvalue weighted by molar-refractivity contribution is 5.77. The standard InChI is InChI=1S/C14H22N2O2/c1-10(17)15-6-4-11-8-14(18)16(13-2-3-13)7-5-12(11)9-15/h11-13H,2-9H2,1H3/t11-,12-/m0/s1. The van der Waals surface area contributed by atoms with Crippen LogP contribution in [-0.2, 0) is 9.59 Å². The van der Waals surface area contributed by atoms with Crippen LogP contribution in [-0.4, -0.2) is 47.3 Å². The molecule has 0 aromatic rings. The molecular weight excluding hydrogens is 228 g/mol. The maximum Gasteiger partial charge on any atom is 0.223 e. The van der Waals surface area contributed by atoms with E-state index in [4.69, 9.17) is 0 Å². The second-order valence-electron chi connectivity index (χ2n) is 6.08. The van der Waals surface area contributed by atoms with Gasteiger partial charge in [-0.25, -0.2) is 0 Å². The highest BCUT2D eigenvalue weighted by Crippen LogP contribution is 2.36. The molecule has 18 heavy (non-hydrogen) atoms. The van der Waals surface area contributed by atoms with Crippen LogP contribution in [0.15, 0.2) is 0 Å². The maximum absolute atomic E-state index is 12.2. The lowest BCUT2D eigenvalue weighted by Crippen LogP contribution is -2.42. The Kier molecular flexibility index (Phi) is 3.04. The van der Waals surface area contributed by atoms with Crippen LogP contribution in [0.1, 0.15) is 39.0 Å². The SMILES string of the molecule is CC(=O)N1CC[C@H]2CC(=O)N(C3CC3)CC[C@H]2C1. The summed E-state index contributed by atoms with van der Waals surface area (Å²) in [7, 11) is 0. The van der Waals surface area contributed by atoms with E-state index >= 15 is 0 Å². The summed E-state index contributed by atoms with van der Waals surface area (Å²) < 4.78 is 0. The van der Waals surface area contributed by atoms with Crippen molar-refractivity contribution >= 4 is 11.8 Å². The summed E-state index contributed by atoms with van der Waals surface area (Å²) in [6.45, 7) is 4.27. The van der Waals surface area contributed by atoms with E-state index in [9.17, 15) is 9.59 Å². The number of carbonyl (C=O) groups excluding carboxylic acids is 2. The van der Waals surface area contributed by atoms with E-state index in [2.05, 4.69) is 4.90 Å². The summed E-state index contributed by atoms with van der Waals surface area (Å²) in [5.74, 6) is 1.59. The first-order chi connectivity index (χ1) is 8.65. The van der Waals surface area contributed by atoms with Crippen LogP contribution in [0.2, 0.25) is 0 Å². The van der Waals surface area contributed by atoms with Crippen molar-refractivity contribution in [2.24, 2.45) is 11.8 Å². The van der Waals surface area contributed by atoms with Crippen molar-refractivity contribution < 1.29 is 9.59 Å². The number of piperidine rings is 1. The van der Waals surface area contributed by atoms with Crippen molar-refractivity contribution in [1.29, 1.82) is 0 Å². The van der Waals surface area contributed by atoms with Gasteiger partial charge in [0.15, 0.2) is 0 Å². The molecule has 0 aromatic carbocycles. The molecular formula is C14H22N2O2. The first-order valence-corrected chi connectivity index (χ1v) is 7.20. The predicted molar refractivity (Wildman–Crippen MR) is 67.8 cm³/mol. The molecule has 3 aliphatic rings. The average Bonchev–Trinajstić information content (AvgIpc) is 3.14. The zero-order chi connectivity index (χ0) is 12.7. The van der Waals surface area contributed by atoms with Gasteiger partial charge in [-0.3, -0.25) is 9.59 Å². The highest BCUT2D eigenvalue weighted by atomic mass is 16.2. The Labute approximate surface area is 108 Å². The topological polar surface area (TPSA) is 40.6 Å². The smallest absolute Gasteiger partial charge is 0.223 e. The van der Waals surface area contributed by atoms with E-state index in [1.54, 1.807) is 6.92 Å². The Morgan fingerprint density at radius 1 is 1.11 bits per heavy atom. The molecule has 2 aliphatic heterocycles. The second kappa shape index (κ2) is 4.56. The lowest BCUT2D eigenvalue weighted by Gasteiger charge is -2.36. The van der Waals surface area contributed by atoms with Gasteiger partial charge in [0.05, 0.1) is 0 Å². The number of nitrogens with zero attached hydrogens (tertiary/aromatic N) is 2. The van der Waals surface area contributed by atoms with Crippen molar-refractivity contribution in [2.45, 2.75) is 45.1 Å². The molecule has 0 radical (unpaired) electrons. The lowest BCUT2D eigenvalue weighted by atomic mass is 9.82. The van der Waals surface area contributed by atoms with Crippen LogP contribution in [0.5, 0.6) is 0 Å². The zero-order valence-electron chi connectivity index (χ0n) is 11.1. The average molecular weight is 250 g/mol. The maximum atomic E-state index is 12.2. The lowest BCUT2D eigenvalue weighted by molar-refractivity contribution is -0.132. The van der Waals surface area contributed by atoms with Crippen molar-refractivity contribution in [3.63, 3.8) is 0 Å². The highest BCUT2D eigenvalue weighted by Gasteiger charge is 2.39. The number of amides is 2. The third-order valence-electron chi connectivity index (χ3n) is 4.82. The molecule has 3 fully saturated rings. The molecule has 4 nitrogen and oxygen atoms in total. The van der Waals surface area contributed by atoms with Gasteiger partial charge in [0.2, 0.25) is 11.8 Å². The van der Waals surface area contributed by atoms with Crippen molar-refractivity contribution in [3.05, 3.63) is 0 Å². The summed E-state index contributed by atoms with van der Waals surface area (Å²) in [5, 5.41) is 0. The quantitative estimate of drug-likeness (QED) is 0.703. The predicted octanol–water partition coefficient (Wildman–Crippen LogP) is 1.26. The molecule has 1 saturated carbocycles. The third kappa shape index (κ3) is 2.25. The van der Waals surface area contributed by atoms with Gasteiger partial charge >= 0.3 is 0 Å². The number of likely N-dealkylation sites (tertiary alicyclic amines) is 2. The fraction of sp³-hybridized carbons (Fsp3) is 0.857. The molecule has 0 spiro atoms. The molecule has 0 aromatic heterocycles. The van der Waals surface area contributed by atoms with E-state index in [1.807, 2.05) is 4.90 Å². The van der Waals surface area contributed by atoms with Crippen LogP contribution >= 0.6 is 0 Å². The summed E-state index contributed by atoms with van der Waals surface area (Å²) in [6, 6.07) is 0.543. The molecule has 0 bridgehead atoms. The minimum absolute atomic E-state index is 0.183. The summed E-state index contributed by atoms with van der Waals surface area (Å²) in [5.41, 5.74) is 0. The molecule has 100 valence electrons. The first-order valence-electron chi connectivity index (χ1n) is 7.20. The van der Waals surface area contributed by atoms with Gasteiger partial charge in [-0.15, -0.1) is 0 Å². The minimum Gasteiger partial charge on any atom is -0.343 e. The molecule has 2 amide bonds. The van der Waals surface area contributed by atoms with Gasteiger partial charge < -0.3 is 9.80 Å². The van der Waals surface area contributed by atoms with Gasteiger partial charge in [0.1, 0.15) is 0 Å². The van der Waals surface area contributed by atoms with E-state index in [0.29, 0.717) is 30.2 Å². The third-order valence-corrected chi connectivity index (χ3v) is 4.82. The van der Waals surface area contributed by atoms with E-state index in [1.165, 1.54) is 12.8 Å². The van der Waals surface area contributed by atoms with Crippen LogP contribution in [0.4, 0.5) is 0 Å². The monoisotopic (exact) mass is 250 g/mol. The number of carbonyl (C=O) groups is 2. The van der Waals surface area contributed by atoms with Crippen molar-refractivity contribution in [2.75, 3.05) is 19.6 Å². The molecule has 0 unspecified atom stereocenters. The molecule has 1 aliphatic carbocycles. The Morgan fingerprint density at radius 3 is 2.50 bits per heavy atom. The van der Waals surface area contributed by atoms with Gasteiger partial charge in [-0.2, -0.15) is 0 Å². The van der Waals surface area contributed by atoms with Crippen LogP contribution in [0.25, 0.3) is 0 Å². The van der Waals surface area contributed by atoms with Crippen molar-refractivity contribution in [3.8, 4) is 0 Å². The van der Waals surface area contributed by atoms with Crippen LogP contribution < -0.4 is 0 Å². The number of rotatable bonds is 1. The largest absolute Gasteiger partial charge is 0.343 e. The fourth-order valence-electron chi connectivity index (χ4n) is 3.51. The zero-order valence-corrected chi connectivity index (χ0v) is 11.1. The van der Waals surface area contributed by atoms with E-state index < -0.39 is 0 Å². The van der Waals surface area contributed by atoms with Crippen LogP contribution in [0, 0.1) is 11.8 Å². The number of hydrogen-bond acceptors (Lipinski definition) is 2. The molecule has 4 heteroatoms. The molecule has 2 heterocycles. The second-order valence-corrected chi connectivity index (χ2v) is 6.08. The van der Waals surface area contributed by atoms with E-state index in [0.717, 1.165) is 32.5 Å². The van der Waals surface area contributed by atoms with E-state index in [-0.39, 0.29) is 5.91 Å². The summed E-state index contributed by atoms with van der Waals surface area (Å²) in [4.78, 5) is 27.7. The molecule has 2 atom stereocenters. The molecule has 2 saturated heterocycles. The Morgan fingerprint density at radius 2 is 1.83 bits per heavy atom. The Bertz CT molecular complexity index is 365. The number of fused-ring (bicyclic) bond motifs is 1. The van der Waals surface area contributed by atoms with Crippen molar-refractivity contribution in [1.82, 2.24) is 9.80 Å². The van der Waals surface area contributed by atoms with Gasteiger partial charge in [-0.1, -0.05) is 0 Å². The minimum atomic E-state index is 0.183. The Balaban J connectivity index is 1.67. The molecule has 0 N–H and O–H groups in total. The fourth-order valence-corrected chi connectivity index (χ4v) is 3.51. The van der Waals surface area contributed by atoms with Gasteiger partial charge in [-0.05, 0) is 37.5 Å². The van der Waals surface area contributed by atoms with Gasteiger partial charge in [0.25, 0.3) is 0 Å². The summed E-state index contributed by atoms with van der Waals surface area (Å²) in [6.07, 6.45) is 5.19. The first kappa shape index (κ1) is 12.0. The van der Waals surface area contributed by atoms with Gasteiger partial charge in [0, 0.05) is 39.0 Å². The summed E-state index contributed by atoms with van der Waals surface area (Å²) >= 11 is 0. The normalized spacial score (nSPS) is 33.1. The number of hydrogen-bond donors (Lipinski definition) is 0. The Hall–Kier alpha value is -1.06. The van der Waals surface area contributed by atoms with Crippen LogP contribution in [0.3, 0.4) is 0 Å². The molecule has 3 rings (SSSR count).